The summed E-state index contributed by atoms with van der Waals surface area (Å²) in [5.41, 5.74) is -0.355. The molecule has 0 aliphatic rings. The van der Waals surface area contributed by atoms with Crippen LogP contribution in [0.1, 0.15) is 11.3 Å². The van der Waals surface area contributed by atoms with Crippen LogP contribution >= 0.6 is 0 Å². The Hall–Kier alpha value is -1.98. The van der Waals surface area contributed by atoms with E-state index >= 15 is 0 Å². The number of halogens is 3. The molecule has 0 saturated heterocycles. The maximum atomic E-state index is 12.8. The molecule has 0 aliphatic carbocycles. The lowest BCUT2D eigenvalue weighted by Gasteiger charge is -2.14. The van der Waals surface area contributed by atoms with Gasteiger partial charge >= 0.3 is 6.18 Å². The summed E-state index contributed by atoms with van der Waals surface area (Å²) >= 11 is 0. The topological polar surface area (TPSA) is 31.4 Å². The third-order valence-electron chi connectivity index (χ3n) is 2.81. The van der Waals surface area contributed by atoms with Gasteiger partial charge in [-0.1, -0.05) is 0 Å². The fraction of sp³-hybridized carbons (Fsp3) is 0.308. The molecular weight excluding hydrogens is 259 g/mol. The van der Waals surface area contributed by atoms with Crippen LogP contribution in [0.15, 0.2) is 18.2 Å². The predicted molar refractivity (Wildman–Crippen MR) is 64.6 cm³/mol. The molecule has 0 bridgehead atoms. The van der Waals surface area contributed by atoms with Gasteiger partial charge in [-0.3, -0.25) is 0 Å². The molecule has 0 radical (unpaired) electrons. The minimum Gasteiger partial charge on any atom is -0.496 e. The third kappa shape index (κ3) is 2.30. The van der Waals surface area contributed by atoms with Crippen molar-refractivity contribution in [2.24, 2.45) is 0 Å². The lowest BCUT2D eigenvalue weighted by molar-refractivity contribution is -0.141. The highest BCUT2D eigenvalue weighted by atomic mass is 19.4. The number of aromatic nitrogens is 1. The van der Waals surface area contributed by atoms with Crippen molar-refractivity contribution in [2.75, 3.05) is 14.2 Å². The van der Waals surface area contributed by atoms with Crippen LogP contribution in [0.25, 0.3) is 10.9 Å². The summed E-state index contributed by atoms with van der Waals surface area (Å²) in [5.74, 6) is 0.750. The molecule has 2 aromatic rings. The second-order valence-corrected chi connectivity index (χ2v) is 4.02. The number of ether oxygens (including phenoxy) is 2. The van der Waals surface area contributed by atoms with Gasteiger partial charge in [-0.2, -0.15) is 13.2 Å². The van der Waals surface area contributed by atoms with Crippen molar-refractivity contribution in [3.05, 3.63) is 29.5 Å². The zero-order valence-electron chi connectivity index (χ0n) is 10.6. The van der Waals surface area contributed by atoms with Gasteiger partial charge in [0.2, 0.25) is 0 Å². The summed E-state index contributed by atoms with van der Waals surface area (Å²) in [5, 5.41) is 0.523. The molecule has 1 heterocycles. The first-order chi connectivity index (χ1) is 8.88. The summed E-state index contributed by atoms with van der Waals surface area (Å²) in [6.45, 7) is 1.58. The van der Waals surface area contributed by atoms with E-state index in [2.05, 4.69) is 4.98 Å². The van der Waals surface area contributed by atoms with Crippen LogP contribution in [0.5, 0.6) is 11.5 Å². The summed E-state index contributed by atoms with van der Waals surface area (Å²) in [6, 6.07) is 4.18. The lowest BCUT2D eigenvalue weighted by atomic mass is 10.1. The van der Waals surface area contributed by atoms with E-state index in [0.717, 1.165) is 6.07 Å². The number of alkyl halides is 3. The molecule has 2 rings (SSSR count). The molecule has 0 unspecified atom stereocenters. The monoisotopic (exact) mass is 271 g/mol. The molecule has 0 amide bonds. The Bertz CT molecular complexity index is 623. The van der Waals surface area contributed by atoms with Gasteiger partial charge < -0.3 is 9.47 Å². The van der Waals surface area contributed by atoms with E-state index in [1.807, 2.05) is 0 Å². The Morgan fingerprint density at radius 2 is 1.63 bits per heavy atom. The van der Waals surface area contributed by atoms with E-state index in [-0.39, 0.29) is 11.3 Å². The Labute approximate surface area is 108 Å². The zero-order chi connectivity index (χ0) is 14.2. The van der Waals surface area contributed by atoms with Crippen LogP contribution in [-0.4, -0.2) is 19.2 Å². The summed E-state index contributed by atoms with van der Waals surface area (Å²) in [4.78, 5) is 3.66. The molecule has 0 saturated carbocycles. The summed E-state index contributed by atoms with van der Waals surface area (Å²) < 4.78 is 48.6. The predicted octanol–water partition coefficient (Wildman–Crippen LogP) is 3.58. The molecule has 3 nitrogen and oxygen atoms in total. The van der Waals surface area contributed by atoms with E-state index in [1.54, 1.807) is 13.0 Å². The van der Waals surface area contributed by atoms with Crippen molar-refractivity contribution >= 4 is 10.9 Å². The van der Waals surface area contributed by atoms with Gasteiger partial charge in [-0.25, -0.2) is 4.98 Å². The minimum atomic E-state index is -4.49. The molecule has 0 N–H and O–H groups in total. The second kappa shape index (κ2) is 4.60. The minimum absolute atomic E-state index is 0.147. The second-order valence-electron chi connectivity index (χ2n) is 4.02. The standard InChI is InChI=1S/C13H12F3NO2/c1-7-6-10(13(14,15)16)17-12-9(19-3)5-4-8(18-2)11(7)12/h4-6H,1-3H3. The number of nitrogens with zero attached hydrogens (tertiary/aromatic N) is 1. The van der Waals surface area contributed by atoms with Gasteiger partial charge in [0.05, 0.1) is 14.2 Å². The number of benzene rings is 1. The van der Waals surface area contributed by atoms with E-state index in [9.17, 15) is 13.2 Å². The maximum absolute atomic E-state index is 12.8. The molecule has 102 valence electrons. The normalized spacial score (nSPS) is 11.7. The number of hydrogen-bond donors (Lipinski definition) is 0. The Morgan fingerprint density at radius 1 is 1.05 bits per heavy atom. The fourth-order valence-corrected chi connectivity index (χ4v) is 1.96. The number of aryl methyl sites for hydroxylation is 1. The van der Waals surface area contributed by atoms with E-state index in [4.69, 9.17) is 9.47 Å². The number of hydrogen-bond acceptors (Lipinski definition) is 3. The van der Waals surface area contributed by atoms with Crippen LogP contribution < -0.4 is 9.47 Å². The highest BCUT2D eigenvalue weighted by Crippen LogP contribution is 2.37. The lowest BCUT2D eigenvalue weighted by Crippen LogP contribution is -2.09. The maximum Gasteiger partial charge on any atom is 0.433 e. The SMILES string of the molecule is COc1ccc(OC)c2c(C)cc(C(F)(F)F)nc12. The van der Waals surface area contributed by atoms with Crippen LogP contribution in [-0.2, 0) is 6.18 Å². The highest BCUT2D eigenvalue weighted by Gasteiger charge is 2.33. The Kier molecular flexibility index (Phi) is 3.26. The first-order valence-electron chi connectivity index (χ1n) is 5.48. The van der Waals surface area contributed by atoms with Crippen molar-refractivity contribution in [1.82, 2.24) is 4.98 Å². The quantitative estimate of drug-likeness (QED) is 0.836. The molecule has 0 fully saturated rings. The van der Waals surface area contributed by atoms with Crippen molar-refractivity contribution < 1.29 is 22.6 Å². The average molecular weight is 271 g/mol. The van der Waals surface area contributed by atoms with Gasteiger partial charge in [0.1, 0.15) is 22.7 Å². The number of fused-ring (bicyclic) bond motifs is 1. The van der Waals surface area contributed by atoms with Gasteiger partial charge in [0.25, 0.3) is 0 Å². The van der Waals surface area contributed by atoms with Gasteiger partial charge in [-0.15, -0.1) is 0 Å². The first-order valence-corrected chi connectivity index (χ1v) is 5.48. The molecule has 1 aromatic heterocycles. The van der Waals surface area contributed by atoms with E-state index < -0.39 is 11.9 Å². The largest absolute Gasteiger partial charge is 0.496 e. The van der Waals surface area contributed by atoms with Crippen LogP contribution in [0.4, 0.5) is 13.2 Å². The summed E-state index contributed by atoms with van der Waals surface area (Å²) in [6.07, 6.45) is -4.49. The smallest absolute Gasteiger partial charge is 0.433 e. The van der Waals surface area contributed by atoms with Crippen molar-refractivity contribution in [3.63, 3.8) is 0 Å². The van der Waals surface area contributed by atoms with Gasteiger partial charge in [0, 0.05) is 5.39 Å². The van der Waals surface area contributed by atoms with E-state index in [1.165, 1.54) is 20.3 Å². The average Bonchev–Trinajstić information content (AvgIpc) is 2.36. The van der Waals surface area contributed by atoms with Crippen LogP contribution in [0.2, 0.25) is 0 Å². The first kappa shape index (κ1) is 13.5. The van der Waals surface area contributed by atoms with Crippen LogP contribution in [0.3, 0.4) is 0 Å². The molecule has 19 heavy (non-hydrogen) atoms. The summed E-state index contributed by atoms with van der Waals surface area (Å²) in [7, 11) is 2.84. The zero-order valence-corrected chi connectivity index (χ0v) is 10.6. The van der Waals surface area contributed by atoms with Gasteiger partial charge in [-0.05, 0) is 30.7 Å². The molecule has 0 spiro atoms. The molecule has 0 aliphatic heterocycles. The molecular formula is C13H12F3NO2. The number of pyridine rings is 1. The number of rotatable bonds is 2. The molecule has 0 atom stereocenters. The fourth-order valence-electron chi connectivity index (χ4n) is 1.96. The molecule has 1 aromatic carbocycles. The van der Waals surface area contributed by atoms with Gasteiger partial charge in [0.15, 0.2) is 0 Å². The third-order valence-corrected chi connectivity index (χ3v) is 2.81. The number of methoxy groups -OCH3 is 2. The van der Waals surface area contributed by atoms with E-state index in [0.29, 0.717) is 16.7 Å². The van der Waals surface area contributed by atoms with Crippen LogP contribution in [0, 0.1) is 6.92 Å². The Balaban J connectivity index is 2.86. The van der Waals surface area contributed by atoms with Crippen molar-refractivity contribution in [3.8, 4) is 11.5 Å². The molecule has 6 heteroatoms. The van der Waals surface area contributed by atoms with Crippen molar-refractivity contribution in [2.45, 2.75) is 13.1 Å². The van der Waals surface area contributed by atoms with Crippen molar-refractivity contribution in [1.29, 1.82) is 0 Å². The Morgan fingerprint density at radius 3 is 2.16 bits per heavy atom. The highest BCUT2D eigenvalue weighted by molar-refractivity contribution is 5.93.